The molecule has 1 aromatic heterocycles. The van der Waals surface area contributed by atoms with Crippen LogP contribution in [0.2, 0.25) is 0 Å². The van der Waals surface area contributed by atoms with Gasteiger partial charge in [-0.1, -0.05) is 6.92 Å². The molecule has 0 aromatic carbocycles. The Morgan fingerprint density at radius 1 is 1.75 bits per heavy atom. The first kappa shape index (κ1) is 11.4. The first-order chi connectivity index (χ1) is 7.70. The second-order valence-electron chi connectivity index (χ2n) is 4.30. The highest BCUT2D eigenvalue weighted by atomic mass is 16.5. The average Bonchev–Trinajstić information content (AvgIpc) is 2.77. The molecule has 5 nitrogen and oxygen atoms in total. The lowest BCUT2D eigenvalue weighted by Crippen LogP contribution is -2.50. The van der Waals surface area contributed by atoms with E-state index in [4.69, 9.17) is 10.5 Å². The number of aryl methyl sites for hydroxylation is 1. The Bertz CT molecular complexity index is 336. The van der Waals surface area contributed by atoms with Gasteiger partial charge < -0.3 is 20.4 Å². The lowest BCUT2D eigenvalue weighted by atomic mass is 10.1. The van der Waals surface area contributed by atoms with Gasteiger partial charge in [-0.2, -0.15) is 0 Å². The molecular formula is C11H20N4O. The molecule has 1 aliphatic rings. The average molecular weight is 224 g/mol. The summed E-state index contributed by atoms with van der Waals surface area (Å²) >= 11 is 0. The van der Waals surface area contributed by atoms with Gasteiger partial charge in [-0.25, -0.2) is 4.98 Å². The highest BCUT2D eigenvalue weighted by Gasteiger charge is 2.24. The van der Waals surface area contributed by atoms with Gasteiger partial charge in [0.25, 0.3) is 0 Å². The fourth-order valence-electron chi connectivity index (χ4n) is 1.87. The molecule has 1 fully saturated rings. The minimum atomic E-state index is 0.0587. The van der Waals surface area contributed by atoms with Crippen molar-refractivity contribution in [3.63, 3.8) is 0 Å². The Morgan fingerprint density at radius 2 is 2.56 bits per heavy atom. The lowest BCUT2D eigenvalue weighted by molar-refractivity contribution is 0.0271. The summed E-state index contributed by atoms with van der Waals surface area (Å²) < 4.78 is 5.62. The van der Waals surface area contributed by atoms with Gasteiger partial charge in [0.2, 0.25) is 5.95 Å². The molecule has 5 heteroatoms. The first-order valence-electron chi connectivity index (χ1n) is 5.86. The zero-order chi connectivity index (χ0) is 11.5. The maximum absolute atomic E-state index is 5.86. The van der Waals surface area contributed by atoms with Crippen LogP contribution in [-0.4, -0.2) is 41.8 Å². The fourth-order valence-corrected chi connectivity index (χ4v) is 1.87. The number of nitrogens with one attached hydrogen (secondary N) is 1. The van der Waals surface area contributed by atoms with Crippen molar-refractivity contribution in [3.8, 4) is 0 Å². The second kappa shape index (κ2) is 4.84. The minimum Gasteiger partial charge on any atom is -0.373 e. The predicted octanol–water partition coefficient (Wildman–Crippen LogP) is 0.524. The molecule has 1 saturated heterocycles. The Kier molecular flexibility index (Phi) is 3.46. The Hall–Kier alpha value is -1.07. The Labute approximate surface area is 96.0 Å². The second-order valence-corrected chi connectivity index (χ2v) is 4.30. The van der Waals surface area contributed by atoms with Crippen LogP contribution in [0.5, 0.6) is 0 Å². The molecule has 16 heavy (non-hydrogen) atoms. The van der Waals surface area contributed by atoms with Gasteiger partial charge in [0.05, 0.1) is 18.9 Å². The molecule has 2 heterocycles. The van der Waals surface area contributed by atoms with Crippen LogP contribution in [0.3, 0.4) is 0 Å². The van der Waals surface area contributed by atoms with E-state index in [2.05, 4.69) is 21.8 Å². The molecule has 0 radical (unpaired) electrons. The van der Waals surface area contributed by atoms with Crippen LogP contribution in [0.4, 0.5) is 5.95 Å². The van der Waals surface area contributed by atoms with Crippen molar-refractivity contribution in [2.45, 2.75) is 32.4 Å². The van der Waals surface area contributed by atoms with Gasteiger partial charge in [0.15, 0.2) is 0 Å². The monoisotopic (exact) mass is 224 g/mol. The molecule has 0 saturated carbocycles. The van der Waals surface area contributed by atoms with E-state index in [1.54, 1.807) is 0 Å². The van der Waals surface area contributed by atoms with E-state index in [1.807, 2.05) is 13.1 Å². The normalized spacial score (nSPS) is 23.4. The molecule has 1 aromatic rings. The molecule has 2 rings (SSSR count). The smallest absolute Gasteiger partial charge is 0.203 e. The first-order valence-corrected chi connectivity index (χ1v) is 5.86. The topological polar surface area (TPSA) is 67.2 Å². The van der Waals surface area contributed by atoms with E-state index in [0.29, 0.717) is 6.61 Å². The molecule has 0 amide bonds. The summed E-state index contributed by atoms with van der Waals surface area (Å²) in [5.74, 6) is 0.936. The SMILES string of the molecule is CCc1cnc(N2CCOC(C(C)N)C2)[nH]1. The zero-order valence-electron chi connectivity index (χ0n) is 9.94. The highest BCUT2D eigenvalue weighted by Crippen LogP contribution is 2.15. The molecule has 90 valence electrons. The molecule has 0 bridgehead atoms. The van der Waals surface area contributed by atoms with Crippen molar-refractivity contribution < 1.29 is 4.74 Å². The number of nitrogens with zero attached hydrogens (tertiary/aromatic N) is 2. The van der Waals surface area contributed by atoms with Crippen molar-refractivity contribution in [3.05, 3.63) is 11.9 Å². The summed E-state index contributed by atoms with van der Waals surface area (Å²) in [6.07, 6.45) is 2.98. The van der Waals surface area contributed by atoms with Crippen molar-refractivity contribution in [2.75, 3.05) is 24.6 Å². The van der Waals surface area contributed by atoms with E-state index in [1.165, 1.54) is 5.69 Å². The lowest BCUT2D eigenvalue weighted by Gasteiger charge is -2.34. The number of imidazole rings is 1. The van der Waals surface area contributed by atoms with E-state index in [9.17, 15) is 0 Å². The van der Waals surface area contributed by atoms with Gasteiger partial charge in [-0.05, 0) is 13.3 Å². The number of anilines is 1. The third-order valence-electron chi connectivity index (χ3n) is 2.98. The van der Waals surface area contributed by atoms with Crippen molar-refractivity contribution in [2.24, 2.45) is 5.73 Å². The van der Waals surface area contributed by atoms with Crippen LogP contribution in [0.25, 0.3) is 0 Å². The van der Waals surface area contributed by atoms with Crippen molar-refractivity contribution >= 4 is 5.95 Å². The Balaban J connectivity index is 2.03. The maximum Gasteiger partial charge on any atom is 0.203 e. The summed E-state index contributed by atoms with van der Waals surface area (Å²) in [6.45, 7) is 6.50. The van der Waals surface area contributed by atoms with Gasteiger partial charge >= 0.3 is 0 Å². The summed E-state index contributed by atoms with van der Waals surface area (Å²) in [6, 6.07) is 0.0587. The van der Waals surface area contributed by atoms with Crippen LogP contribution >= 0.6 is 0 Å². The van der Waals surface area contributed by atoms with Crippen LogP contribution in [-0.2, 0) is 11.2 Å². The molecule has 1 aliphatic heterocycles. The Morgan fingerprint density at radius 3 is 3.19 bits per heavy atom. The predicted molar refractivity (Wildman–Crippen MR) is 63.6 cm³/mol. The summed E-state index contributed by atoms with van der Waals surface area (Å²) in [5, 5.41) is 0. The van der Waals surface area contributed by atoms with E-state index in [0.717, 1.165) is 25.5 Å². The van der Waals surface area contributed by atoms with Crippen LogP contribution in [0, 0.1) is 0 Å². The number of morpholine rings is 1. The van der Waals surface area contributed by atoms with E-state index >= 15 is 0 Å². The molecule has 3 N–H and O–H groups in total. The van der Waals surface area contributed by atoms with Crippen LogP contribution in [0.1, 0.15) is 19.5 Å². The molecule has 2 atom stereocenters. The van der Waals surface area contributed by atoms with Gasteiger partial charge in [-0.3, -0.25) is 0 Å². The molecule has 0 aliphatic carbocycles. The molecular weight excluding hydrogens is 204 g/mol. The number of hydrogen-bond donors (Lipinski definition) is 2. The zero-order valence-corrected chi connectivity index (χ0v) is 9.94. The van der Waals surface area contributed by atoms with Gasteiger partial charge in [-0.15, -0.1) is 0 Å². The maximum atomic E-state index is 5.86. The minimum absolute atomic E-state index is 0.0587. The third kappa shape index (κ3) is 2.36. The number of H-pyrrole nitrogens is 1. The van der Waals surface area contributed by atoms with Gasteiger partial charge in [0.1, 0.15) is 0 Å². The number of aromatic amines is 1. The summed E-state index contributed by atoms with van der Waals surface area (Å²) in [5.41, 5.74) is 7.02. The largest absolute Gasteiger partial charge is 0.373 e. The quantitative estimate of drug-likeness (QED) is 0.785. The third-order valence-corrected chi connectivity index (χ3v) is 2.98. The number of ether oxygens (including phenoxy) is 1. The molecule has 0 spiro atoms. The molecule has 2 unspecified atom stereocenters. The van der Waals surface area contributed by atoms with Crippen LogP contribution in [0.15, 0.2) is 6.20 Å². The number of rotatable bonds is 3. The van der Waals surface area contributed by atoms with E-state index < -0.39 is 0 Å². The standard InChI is InChI=1S/C11H20N4O/c1-3-9-6-13-11(14-9)15-4-5-16-10(7-15)8(2)12/h6,8,10H,3-5,7,12H2,1-2H3,(H,13,14). The fraction of sp³-hybridized carbons (Fsp3) is 0.727. The van der Waals surface area contributed by atoms with Crippen LogP contribution < -0.4 is 10.6 Å². The number of nitrogens with two attached hydrogens (primary N) is 1. The number of aromatic nitrogens is 2. The summed E-state index contributed by atoms with van der Waals surface area (Å²) in [7, 11) is 0. The van der Waals surface area contributed by atoms with Gasteiger partial charge in [0, 0.05) is 24.8 Å². The van der Waals surface area contributed by atoms with Crippen molar-refractivity contribution in [1.82, 2.24) is 9.97 Å². The number of hydrogen-bond acceptors (Lipinski definition) is 4. The van der Waals surface area contributed by atoms with E-state index in [-0.39, 0.29) is 12.1 Å². The van der Waals surface area contributed by atoms with Crippen molar-refractivity contribution in [1.29, 1.82) is 0 Å². The summed E-state index contributed by atoms with van der Waals surface area (Å²) in [4.78, 5) is 9.89. The highest BCUT2D eigenvalue weighted by molar-refractivity contribution is 5.32.